The predicted octanol–water partition coefficient (Wildman–Crippen LogP) is 4.14. The van der Waals surface area contributed by atoms with Crippen LogP contribution in [0.2, 0.25) is 0 Å². The fourth-order valence-electron chi connectivity index (χ4n) is 1.87. The van der Waals surface area contributed by atoms with Gasteiger partial charge in [-0.15, -0.1) is 0 Å². The van der Waals surface area contributed by atoms with Crippen molar-refractivity contribution < 1.29 is 13.2 Å². The number of rotatable bonds is 4. The molecular weight excluding hydrogens is 253 g/mol. The molecule has 102 valence electrons. The molecule has 0 spiro atoms. The van der Waals surface area contributed by atoms with Crippen molar-refractivity contribution in [3.63, 3.8) is 0 Å². The minimum atomic E-state index is -4.33. The van der Waals surface area contributed by atoms with Gasteiger partial charge in [0.2, 0.25) is 0 Å². The minimum Gasteiger partial charge on any atom is -0.380 e. The topological polar surface area (TPSA) is 17.0 Å². The van der Waals surface area contributed by atoms with E-state index in [2.05, 4.69) is 5.32 Å². The fraction of sp³-hybridized carbons (Fsp3) is 0.286. The first-order valence-corrected chi connectivity index (χ1v) is 6.05. The third-order valence-electron chi connectivity index (χ3n) is 2.89. The van der Waals surface area contributed by atoms with E-state index in [9.17, 15) is 13.2 Å². The molecule has 0 saturated heterocycles. The SMILES string of the molecule is CCn1ccc(CNc2ccccc2C(F)(F)F)c1. The standard InChI is InChI=1S/C14H15F3N2/c1-2-19-8-7-11(10-19)9-18-13-6-4-3-5-12(13)14(15,16)17/h3-8,10,18H,2,9H2,1H3. The number of hydrogen-bond acceptors (Lipinski definition) is 1. The molecule has 0 aliphatic rings. The smallest absolute Gasteiger partial charge is 0.380 e. The van der Waals surface area contributed by atoms with Gasteiger partial charge in [0, 0.05) is 31.2 Å². The Morgan fingerprint density at radius 3 is 2.53 bits per heavy atom. The first kappa shape index (κ1) is 13.5. The van der Waals surface area contributed by atoms with Gasteiger partial charge < -0.3 is 9.88 Å². The molecule has 0 amide bonds. The lowest BCUT2D eigenvalue weighted by Gasteiger charge is -2.13. The number of anilines is 1. The predicted molar refractivity (Wildman–Crippen MR) is 68.9 cm³/mol. The molecule has 19 heavy (non-hydrogen) atoms. The summed E-state index contributed by atoms with van der Waals surface area (Å²) in [4.78, 5) is 0. The van der Waals surface area contributed by atoms with Crippen LogP contribution in [0, 0.1) is 0 Å². The number of benzene rings is 1. The highest BCUT2D eigenvalue weighted by molar-refractivity contribution is 5.52. The second kappa shape index (κ2) is 5.38. The number of alkyl halides is 3. The second-order valence-electron chi connectivity index (χ2n) is 4.25. The van der Waals surface area contributed by atoms with E-state index in [1.807, 2.05) is 30.0 Å². The number of aromatic nitrogens is 1. The van der Waals surface area contributed by atoms with E-state index in [0.717, 1.165) is 18.2 Å². The van der Waals surface area contributed by atoms with Gasteiger partial charge >= 0.3 is 6.18 Å². The van der Waals surface area contributed by atoms with Crippen molar-refractivity contribution in [1.29, 1.82) is 0 Å². The van der Waals surface area contributed by atoms with Gasteiger partial charge in [-0.1, -0.05) is 12.1 Å². The molecule has 1 aromatic carbocycles. The normalized spacial score (nSPS) is 11.6. The first-order chi connectivity index (χ1) is 9.00. The number of aryl methyl sites for hydroxylation is 1. The summed E-state index contributed by atoms with van der Waals surface area (Å²) in [5, 5.41) is 2.84. The molecule has 0 aliphatic carbocycles. The van der Waals surface area contributed by atoms with Gasteiger partial charge in [-0.25, -0.2) is 0 Å². The highest BCUT2D eigenvalue weighted by Gasteiger charge is 2.32. The van der Waals surface area contributed by atoms with E-state index in [1.165, 1.54) is 12.1 Å². The summed E-state index contributed by atoms with van der Waals surface area (Å²) in [6, 6.07) is 7.40. The highest BCUT2D eigenvalue weighted by Crippen LogP contribution is 2.34. The van der Waals surface area contributed by atoms with Crippen LogP contribution < -0.4 is 5.32 Å². The Labute approximate surface area is 109 Å². The molecule has 0 atom stereocenters. The van der Waals surface area contributed by atoms with E-state index in [4.69, 9.17) is 0 Å². The summed E-state index contributed by atoms with van der Waals surface area (Å²) in [6.07, 6.45) is -0.505. The summed E-state index contributed by atoms with van der Waals surface area (Å²) in [5.41, 5.74) is 0.433. The van der Waals surface area contributed by atoms with Crippen molar-refractivity contribution in [2.45, 2.75) is 26.2 Å². The average molecular weight is 268 g/mol. The maximum absolute atomic E-state index is 12.8. The van der Waals surface area contributed by atoms with Crippen molar-refractivity contribution in [3.8, 4) is 0 Å². The number of hydrogen-bond donors (Lipinski definition) is 1. The maximum Gasteiger partial charge on any atom is 0.418 e. The van der Waals surface area contributed by atoms with E-state index in [0.29, 0.717) is 6.54 Å². The molecule has 1 N–H and O–H groups in total. The molecule has 2 nitrogen and oxygen atoms in total. The Morgan fingerprint density at radius 1 is 1.16 bits per heavy atom. The summed E-state index contributed by atoms with van der Waals surface area (Å²) in [5.74, 6) is 0. The van der Waals surface area contributed by atoms with Crippen molar-refractivity contribution in [1.82, 2.24) is 4.57 Å². The minimum absolute atomic E-state index is 0.110. The van der Waals surface area contributed by atoms with Crippen LogP contribution in [0.25, 0.3) is 0 Å². The average Bonchev–Trinajstić information content (AvgIpc) is 2.83. The molecule has 5 heteroatoms. The molecule has 0 fully saturated rings. The molecule has 0 aliphatic heterocycles. The lowest BCUT2D eigenvalue weighted by Crippen LogP contribution is -2.10. The third kappa shape index (κ3) is 3.30. The van der Waals surface area contributed by atoms with Crippen LogP contribution in [0.1, 0.15) is 18.1 Å². The Kier molecular flexibility index (Phi) is 3.83. The van der Waals surface area contributed by atoms with Gasteiger partial charge in [-0.2, -0.15) is 13.2 Å². The summed E-state index contributed by atoms with van der Waals surface area (Å²) in [7, 11) is 0. The van der Waals surface area contributed by atoms with Gasteiger partial charge in [0.1, 0.15) is 0 Å². The largest absolute Gasteiger partial charge is 0.418 e. The molecule has 1 heterocycles. The van der Waals surface area contributed by atoms with Crippen molar-refractivity contribution in [2.24, 2.45) is 0 Å². The zero-order valence-electron chi connectivity index (χ0n) is 10.5. The molecule has 1 aromatic heterocycles. The van der Waals surface area contributed by atoms with Crippen LogP contribution in [0.3, 0.4) is 0 Å². The van der Waals surface area contributed by atoms with E-state index >= 15 is 0 Å². The number of halogens is 3. The lowest BCUT2D eigenvalue weighted by atomic mass is 10.1. The molecule has 0 bridgehead atoms. The van der Waals surface area contributed by atoms with Crippen molar-refractivity contribution >= 4 is 5.69 Å². The Morgan fingerprint density at radius 2 is 1.89 bits per heavy atom. The van der Waals surface area contributed by atoms with E-state index < -0.39 is 11.7 Å². The summed E-state index contributed by atoms with van der Waals surface area (Å²) >= 11 is 0. The molecule has 0 radical (unpaired) electrons. The van der Waals surface area contributed by atoms with Crippen molar-refractivity contribution in [2.75, 3.05) is 5.32 Å². The fourth-order valence-corrected chi connectivity index (χ4v) is 1.87. The quantitative estimate of drug-likeness (QED) is 0.881. The van der Waals surface area contributed by atoms with Gasteiger partial charge in [-0.3, -0.25) is 0 Å². The Hall–Kier alpha value is -1.91. The van der Waals surface area contributed by atoms with Gasteiger partial charge in [-0.05, 0) is 30.7 Å². The lowest BCUT2D eigenvalue weighted by molar-refractivity contribution is -0.136. The van der Waals surface area contributed by atoms with Gasteiger partial charge in [0.25, 0.3) is 0 Å². The van der Waals surface area contributed by atoms with Crippen molar-refractivity contribution in [3.05, 3.63) is 53.9 Å². The van der Waals surface area contributed by atoms with Crippen LogP contribution >= 0.6 is 0 Å². The number of nitrogens with zero attached hydrogens (tertiary/aromatic N) is 1. The third-order valence-corrected chi connectivity index (χ3v) is 2.89. The highest BCUT2D eigenvalue weighted by atomic mass is 19.4. The Bertz CT molecular complexity index is 544. The van der Waals surface area contributed by atoms with Crippen LogP contribution in [0.4, 0.5) is 18.9 Å². The van der Waals surface area contributed by atoms with Crippen LogP contribution in [-0.4, -0.2) is 4.57 Å². The molecule has 0 unspecified atom stereocenters. The monoisotopic (exact) mass is 268 g/mol. The number of nitrogens with one attached hydrogen (secondary N) is 1. The second-order valence-corrected chi connectivity index (χ2v) is 4.25. The van der Waals surface area contributed by atoms with Crippen LogP contribution in [0.5, 0.6) is 0 Å². The molecule has 2 aromatic rings. The van der Waals surface area contributed by atoms with Crippen LogP contribution in [-0.2, 0) is 19.3 Å². The zero-order valence-corrected chi connectivity index (χ0v) is 10.5. The van der Waals surface area contributed by atoms with E-state index in [1.54, 1.807) is 6.07 Å². The first-order valence-electron chi connectivity index (χ1n) is 6.05. The van der Waals surface area contributed by atoms with Gasteiger partial charge in [0.05, 0.1) is 5.56 Å². The zero-order chi connectivity index (χ0) is 13.9. The Balaban J connectivity index is 2.11. The molecule has 2 rings (SSSR count). The van der Waals surface area contributed by atoms with Gasteiger partial charge in [0.15, 0.2) is 0 Å². The molecule has 0 saturated carbocycles. The number of para-hydroxylation sites is 1. The molecular formula is C14H15F3N2. The summed E-state index contributed by atoms with van der Waals surface area (Å²) in [6.45, 7) is 3.23. The maximum atomic E-state index is 12.8. The summed E-state index contributed by atoms with van der Waals surface area (Å²) < 4.78 is 40.3. The van der Waals surface area contributed by atoms with E-state index in [-0.39, 0.29) is 5.69 Å². The van der Waals surface area contributed by atoms with Crippen LogP contribution in [0.15, 0.2) is 42.7 Å².